The first-order chi connectivity index (χ1) is 16.5. The van der Waals surface area contributed by atoms with Crippen molar-refractivity contribution < 1.29 is 9.53 Å². The Labute approximate surface area is 207 Å². The molecule has 180 valence electrons. The standard InChI is InChI=1S/C23H27Cl2N7O2/c24-14-3-6-18(17(25)11-14)29-23-30-19-12-27-22(28-15-7-9-34-10-8-15)31-21(19)32(23)16-4-1-13(2-5-16)20(26)33/h3,6,11-13,15-16H,1-2,4-5,7-10H2,(H2,26,33)(H,29,30)(H,27,28,31)/t13-,16+. The molecule has 0 unspecified atom stereocenters. The fourth-order valence-electron chi connectivity index (χ4n) is 4.75. The first-order valence-corrected chi connectivity index (χ1v) is 12.3. The highest BCUT2D eigenvalue weighted by molar-refractivity contribution is 6.36. The number of imidazole rings is 1. The van der Waals surface area contributed by atoms with Gasteiger partial charge >= 0.3 is 0 Å². The molecule has 3 aromatic rings. The molecule has 9 nitrogen and oxygen atoms in total. The number of benzene rings is 1. The van der Waals surface area contributed by atoms with Crippen LogP contribution in [0.2, 0.25) is 10.0 Å². The number of primary amides is 1. The van der Waals surface area contributed by atoms with Crippen molar-refractivity contribution in [3.8, 4) is 0 Å². The number of nitrogens with zero attached hydrogens (tertiary/aromatic N) is 4. The lowest BCUT2D eigenvalue weighted by atomic mass is 9.85. The van der Waals surface area contributed by atoms with Crippen LogP contribution in [0.15, 0.2) is 24.4 Å². The summed E-state index contributed by atoms with van der Waals surface area (Å²) in [6, 6.07) is 5.67. The van der Waals surface area contributed by atoms with Crippen LogP contribution in [0.3, 0.4) is 0 Å². The molecule has 0 bridgehead atoms. The van der Waals surface area contributed by atoms with Crippen molar-refractivity contribution >= 4 is 57.9 Å². The Morgan fingerprint density at radius 3 is 2.56 bits per heavy atom. The second-order valence-corrected chi connectivity index (χ2v) is 9.74. The third-order valence-electron chi connectivity index (χ3n) is 6.63. The maximum atomic E-state index is 11.7. The fraction of sp³-hybridized carbons (Fsp3) is 0.478. The molecule has 2 aromatic heterocycles. The third kappa shape index (κ3) is 4.92. The van der Waals surface area contributed by atoms with Gasteiger partial charge in [0, 0.05) is 36.2 Å². The second-order valence-electron chi connectivity index (χ2n) is 8.90. The van der Waals surface area contributed by atoms with Crippen LogP contribution in [0.25, 0.3) is 11.2 Å². The van der Waals surface area contributed by atoms with E-state index in [2.05, 4.69) is 20.2 Å². The quantitative estimate of drug-likeness (QED) is 0.446. The molecule has 2 fully saturated rings. The maximum absolute atomic E-state index is 11.7. The second kappa shape index (κ2) is 9.93. The molecular formula is C23H27Cl2N7O2. The highest BCUT2D eigenvalue weighted by Gasteiger charge is 2.29. The summed E-state index contributed by atoms with van der Waals surface area (Å²) in [5.41, 5.74) is 7.67. The summed E-state index contributed by atoms with van der Waals surface area (Å²) in [5.74, 6) is 0.876. The number of aromatic nitrogens is 4. The smallest absolute Gasteiger partial charge is 0.224 e. The Morgan fingerprint density at radius 2 is 1.85 bits per heavy atom. The van der Waals surface area contributed by atoms with Gasteiger partial charge in [0.2, 0.25) is 17.8 Å². The van der Waals surface area contributed by atoms with Gasteiger partial charge in [-0.05, 0) is 56.7 Å². The van der Waals surface area contributed by atoms with Crippen molar-refractivity contribution in [3.05, 3.63) is 34.4 Å². The molecule has 1 saturated carbocycles. The Kier molecular flexibility index (Phi) is 6.76. The van der Waals surface area contributed by atoms with Crippen LogP contribution in [0.4, 0.5) is 17.6 Å². The number of nitrogens with two attached hydrogens (primary N) is 1. The first-order valence-electron chi connectivity index (χ1n) is 11.6. The van der Waals surface area contributed by atoms with Crippen molar-refractivity contribution in [2.45, 2.75) is 50.6 Å². The Balaban J connectivity index is 1.50. The molecule has 4 N–H and O–H groups in total. The summed E-state index contributed by atoms with van der Waals surface area (Å²) in [6.45, 7) is 1.47. The van der Waals surface area contributed by atoms with Gasteiger partial charge in [0.25, 0.3) is 0 Å². The molecule has 0 atom stereocenters. The normalized spacial score (nSPS) is 21.5. The highest BCUT2D eigenvalue weighted by Crippen LogP contribution is 2.38. The van der Waals surface area contributed by atoms with Crippen molar-refractivity contribution in [1.29, 1.82) is 0 Å². The number of amides is 1. The van der Waals surface area contributed by atoms with E-state index in [0.29, 0.717) is 33.1 Å². The predicted molar refractivity (Wildman–Crippen MR) is 133 cm³/mol. The molecule has 0 spiro atoms. The Bertz CT molecular complexity index is 1190. The summed E-state index contributed by atoms with van der Waals surface area (Å²) in [6.07, 6.45) is 6.64. The molecule has 5 rings (SSSR count). The molecule has 1 aromatic carbocycles. The number of nitrogens with one attached hydrogen (secondary N) is 2. The number of hydrogen-bond acceptors (Lipinski definition) is 7. The van der Waals surface area contributed by atoms with Crippen LogP contribution in [0.5, 0.6) is 0 Å². The van der Waals surface area contributed by atoms with Gasteiger partial charge in [0.15, 0.2) is 5.65 Å². The van der Waals surface area contributed by atoms with Crippen molar-refractivity contribution in [2.75, 3.05) is 23.8 Å². The van der Waals surface area contributed by atoms with E-state index in [1.54, 1.807) is 18.3 Å². The monoisotopic (exact) mass is 503 g/mol. The molecule has 1 amide bonds. The number of carbonyl (C=O) groups is 1. The van der Waals surface area contributed by atoms with Gasteiger partial charge in [-0.15, -0.1) is 0 Å². The molecule has 1 aliphatic carbocycles. The molecule has 0 radical (unpaired) electrons. The Hall–Kier alpha value is -2.62. The molecule has 11 heteroatoms. The molecule has 3 heterocycles. The fourth-order valence-corrected chi connectivity index (χ4v) is 5.20. The van der Waals surface area contributed by atoms with E-state index in [-0.39, 0.29) is 23.9 Å². The summed E-state index contributed by atoms with van der Waals surface area (Å²) in [5, 5.41) is 7.85. The minimum absolute atomic E-state index is 0.0893. The van der Waals surface area contributed by atoms with Gasteiger partial charge < -0.3 is 21.1 Å². The van der Waals surface area contributed by atoms with Crippen LogP contribution >= 0.6 is 23.2 Å². The summed E-state index contributed by atoms with van der Waals surface area (Å²) >= 11 is 12.5. The van der Waals surface area contributed by atoms with E-state index in [1.807, 2.05) is 6.07 Å². The number of hydrogen-bond donors (Lipinski definition) is 3. The molecular weight excluding hydrogens is 477 g/mol. The summed E-state index contributed by atoms with van der Waals surface area (Å²) < 4.78 is 7.56. The van der Waals surface area contributed by atoms with Gasteiger partial charge in [-0.2, -0.15) is 4.98 Å². The SMILES string of the molecule is NC(=O)[C@H]1CC[C@@H](n2c(Nc3ccc(Cl)cc3Cl)nc3cnc(NC4CCOCC4)nc32)CC1. The zero-order valence-electron chi connectivity index (χ0n) is 18.6. The number of halogens is 2. The lowest BCUT2D eigenvalue weighted by molar-refractivity contribution is -0.122. The molecule has 2 aliphatic rings. The third-order valence-corrected chi connectivity index (χ3v) is 7.18. The number of anilines is 3. The molecule has 1 aliphatic heterocycles. The number of fused-ring (bicyclic) bond motifs is 1. The van der Waals surface area contributed by atoms with E-state index in [9.17, 15) is 4.79 Å². The van der Waals surface area contributed by atoms with E-state index in [0.717, 1.165) is 57.4 Å². The number of ether oxygens (including phenoxy) is 1. The zero-order chi connectivity index (χ0) is 23.7. The van der Waals surface area contributed by atoms with Gasteiger partial charge in [-0.3, -0.25) is 9.36 Å². The Morgan fingerprint density at radius 1 is 1.09 bits per heavy atom. The summed E-state index contributed by atoms with van der Waals surface area (Å²) in [7, 11) is 0. The van der Waals surface area contributed by atoms with Crippen LogP contribution in [0, 0.1) is 5.92 Å². The van der Waals surface area contributed by atoms with Crippen LogP contribution < -0.4 is 16.4 Å². The topological polar surface area (TPSA) is 120 Å². The van der Waals surface area contributed by atoms with Crippen molar-refractivity contribution in [3.63, 3.8) is 0 Å². The van der Waals surface area contributed by atoms with Gasteiger partial charge in [-0.1, -0.05) is 23.2 Å². The highest BCUT2D eigenvalue weighted by atomic mass is 35.5. The van der Waals surface area contributed by atoms with Crippen molar-refractivity contribution in [2.24, 2.45) is 11.7 Å². The first kappa shape index (κ1) is 23.1. The van der Waals surface area contributed by atoms with Crippen LogP contribution in [-0.2, 0) is 9.53 Å². The van der Waals surface area contributed by atoms with Gasteiger partial charge in [-0.25, -0.2) is 9.97 Å². The van der Waals surface area contributed by atoms with E-state index < -0.39 is 0 Å². The predicted octanol–water partition coefficient (Wildman–Crippen LogP) is 4.68. The maximum Gasteiger partial charge on any atom is 0.224 e. The zero-order valence-corrected chi connectivity index (χ0v) is 20.1. The van der Waals surface area contributed by atoms with E-state index in [4.69, 9.17) is 43.6 Å². The summed E-state index contributed by atoms with van der Waals surface area (Å²) in [4.78, 5) is 25.8. The largest absolute Gasteiger partial charge is 0.381 e. The van der Waals surface area contributed by atoms with Crippen LogP contribution in [0.1, 0.15) is 44.6 Å². The minimum atomic E-state index is -0.231. The van der Waals surface area contributed by atoms with E-state index in [1.165, 1.54) is 0 Å². The van der Waals surface area contributed by atoms with Crippen LogP contribution in [-0.4, -0.2) is 44.7 Å². The average molecular weight is 504 g/mol. The van der Waals surface area contributed by atoms with E-state index >= 15 is 0 Å². The lowest BCUT2D eigenvalue weighted by Gasteiger charge is -2.29. The lowest BCUT2D eigenvalue weighted by Crippen LogP contribution is -2.29. The van der Waals surface area contributed by atoms with Crippen molar-refractivity contribution in [1.82, 2.24) is 19.5 Å². The average Bonchev–Trinajstić information content (AvgIpc) is 3.19. The van der Waals surface area contributed by atoms with Gasteiger partial charge in [0.05, 0.1) is 16.9 Å². The number of carbonyl (C=O) groups excluding carboxylic acids is 1. The number of rotatable bonds is 6. The molecule has 34 heavy (non-hydrogen) atoms. The minimum Gasteiger partial charge on any atom is -0.381 e. The van der Waals surface area contributed by atoms with Gasteiger partial charge in [0.1, 0.15) is 5.52 Å². The molecule has 1 saturated heterocycles.